The van der Waals surface area contributed by atoms with Crippen molar-refractivity contribution in [2.24, 2.45) is 10.8 Å². The summed E-state index contributed by atoms with van der Waals surface area (Å²) in [5.41, 5.74) is 8.28. The molecule has 0 spiro atoms. The van der Waals surface area contributed by atoms with Crippen LogP contribution in [0.3, 0.4) is 0 Å². The van der Waals surface area contributed by atoms with Gasteiger partial charge in [-0.2, -0.15) is 10.4 Å². The Bertz CT molecular complexity index is 820. The van der Waals surface area contributed by atoms with E-state index in [0.717, 1.165) is 10.8 Å². The van der Waals surface area contributed by atoms with Gasteiger partial charge in [-0.15, -0.1) is 0 Å². The summed E-state index contributed by atoms with van der Waals surface area (Å²) in [7, 11) is 1.28. The van der Waals surface area contributed by atoms with Gasteiger partial charge in [0, 0.05) is 5.39 Å². The van der Waals surface area contributed by atoms with Crippen molar-refractivity contribution in [1.82, 2.24) is 0 Å². The Balaban J connectivity index is 2.60. The third-order valence-electron chi connectivity index (χ3n) is 2.97. The second-order valence-electron chi connectivity index (χ2n) is 4.30. The molecule has 0 saturated heterocycles. The summed E-state index contributed by atoms with van der Waals surface area (Å²) in [5, 5.41) is 21.5. The van der Waals surface area contributed by atoms with Crippen LogP contribution in [0.1, 0.15) is 10.4 Å². The molecule has 0 atom stereocenters. The first-order valence-corrected chi connectivity index (χ1v) is 6.26. The highest BCUT2D eigenvalue weighted by Crippen LogP contribution is 2.28. The fourth-order valence-electron chi connectivity index (χ4n) is 1.93. The van der Waals surface area contributed by atoms with E-state index in [1.165, 1.54) is 7.11 Å². The van der Waals surface area contributed by atoms with Crippen molar-refractivity contribution >= 4 is 34.0 Å². The van der Waals surface area contributed by atoms with Gasteiger partial charge in [0.1, 0.15) is 6.07 Å². The van der Waals surface area contributed by atoms with Crippen LogP contribution in [-0.4, -0.2) is 24.6 Å². The molecular weight excluding hydrogens is 282 g/mol. The number of rotatable bonds is 4. The number of hydrazone groups is 1. The number of hydrogen-bond donors (Lipinski definition) is 3. The number of benzene rings is 2. The number of esters is 1. The van der Waals surface area contributed by atoms with E-state index in [4.69, 9.17) is 21.1 Å². The first kappa shape index (κ1) is 15.0. The van der Waals surface area contributed by atoms with E-state index in [-0.39, 0.29) is 11.3 Å². The zero-order valence-corrected chi connectivity index (χ0v) is 11.8. The molecule has 7 nitrogen and oxygen atoms in total. The summed E-state index contributed by atoms with van der Waals surface area (Å²) in [6.07, 6.45) is 0. The van der Waals surface area contributed by atoms with E-state index < -0.39 is 11.8 Å². The molecule has 110 valence electrons. The lowest BCUT2D eigenvalue weighted by Gasteiger charge is -2.11. The molecule has 7 heteroatoms. The molecule has 2 rings (SSSR count). The number of anilines is 1. The number of ether oxygens (including phenoxy) is 1. The van der Waals surface area contributed by atoms with E-state index in [1.807, 2.05) is 18.2 Å². The molecule has 22 heavy (non-hydrogen) atoms. The van der Waals surface area contributed by atoms with Crippen molar-refractivity contribution < 1.29 is 9.53 Å². The van der Waals surface area contributed by atoms with Crippen LogP contribution in [0.15, 0.2) is 41.5 Å². The third kappa shape index (κ3) is 2.86. The van der Waals surface area contributed by atoms with Crippen LogP contribution in [-0.2, 0) is 4.74 Å². The maximum Gasteiger partial charge on any atom is 0.340 e. The van der Waals surface area contributed by atoms with Crippen LogP contribution < -0.4 is 11.2 Å². The van der Waals surface area contributed by atoms with Crippen molar-refractivity contribution in [1.29, 1.82) is 10.7 Å². The first-order valence-electron chi connectivity index (χ1n) is 6.26. The maximum absolute atomic E-state index is 11.9. The van der Waals surface area contributed by atoms with Crippen molar-refractivity contribution in [3.8, 4) is 6.07 Å². The van der Waals surface area contributed by atoms with Gasteiger partial charge < -0.3 is 10.5 Å². The summed E-state index contributed by atoms with van der Waals surface area (Å²) in [5.74, 6) is -1.00. The van der Waals surface area contributed by atoms with Gasteiger partial charge in [-0.3, -0.25) is 10.8 Å². The highest BCUT2D eigenvalue weighted by atomic mass is 16.5. The number of methoxy groups -OCH3 is 1. The molecule has 0 amide bonds. The molecule has 0 aliphatic heterocycles. The van der Waals surface area contributed by atoms with Crippen LogP contribution >= 0.6 is 0 Å². The Morgan fingerprint density at radius 2 is 2.09 bits per heavy atom. The second kappa shape index (κ2) is 6.37. The van der Waals surface area contributed by atoms with Gasteiger partial charge >= 0.3 is 5.97 Å². The Kier molecular flexibility index (Phi) is 4.34. The highest BCUT2D eigenvalue weighted by molar-refractivity contribution is 6.45. The van der Waals surface area contributed by atoms with E-state index in [0.29, 0.717) is 5.69 Å². The molecule has 2 aromatic rings. The summed E-state index contributed by atoms with van der Waals surface area (Å²) in [6, 6.07) is 12.5. The summed E-state index contributed by atoms with van der Waals surface area (Å²) in [4.78, 5) is 11.9. The van der Waals surface area contributed by atoms with Crippen LogP contribution in [0, 0.1) is 16.7 Å². The average Bonchev–Trinajstić information content (AvgIpc) is 2.54. The van der Waals surface area contributed by atoms with Crippen molar-refractivity contribution in [2.75, 3.05) is 12.5 Å². The number of amidine groups is 1. The lowest BCUT2D eigenvalue weighted by atomic mass is 10.0. The predicted octanol–water partition coefficient (Wildman–Crippen LogP) is 1.85. The Morgan fingerprint density at radius 1 is 1.36 bits per heavy atom. The molecule has 0 bridgehead atoms. The van der Waals surface area contributed by atoms with E-state index >= 15 is 0 Å². The molecule has 0 aliphatic rings. The van der Waals surface area contributed by atoms with Gasteiger partial charge in [0.15, 0.2) is 5.84 Å². The topological polar surface area (TPSA) is 124 Å². The SMILES string of the molecule is COC(=O)c1ccc2ccccc2c1N/N=C(\C#N)C(=N)N. The Hall–Kier alpha value is -3.40. The normalized spacial score (nSPS) is 10.8. The van der Waals surface area contributed by atoms with Gasteiger partial charge in [-0.1, -0.05) is 30.3 Å². The Labute approximate surface area is 126 Å². The van der Waals surface area contributed by atoms with Crippen LogP contribution in [0.2, 0.25) is 0 Å². The van der Waals surface area contributed by atoms with Gasteiger partial charge in [0.2, 0.25) is 5.71 Å². The zero-order valence-electron chi connectivity index (χ0n) is 11.8. The Morgan fingerprint density at radius 3 is 2.73 bits per heavy atom. The van der Waals surface area contributed by atoms with E-state index in [1.54, 1.807) is 24.3 Å². The van der Waals surface area contributed by atoms with Crippen LogP contribution in [0.4, 0.5) is 5.69 Å². The number of carbonyl (C=O) groups is 1. The van der Waals surface area contributed by atoms with Crippen molar-refractivity contribution in [2.45, 2.75) is 0 Å². The molecule has 0 radical (unpaired) electrons. The van der Waals surface area contributed by atoms with Crippen LogP contribution in [0.25, 0.3) is 10.8 Å². The van der Waals surface area contributed by atoms with Crippen molar-refractivity contribution in [3.63, 3.8) is 0 Å². The maximum atomic E-state index is 11.9. The minimum Gasteiger partial charge on any atom is -0.465 e. The molecule has 0 aromatic heterocycles. The van der Waals surface area contributed by atoms with E-state index in [9.17, 15) is 4.79 Å². The number of nitrogens with zero attached hydrogens (tertiary/aromatic N) is 2. The molecule has 0 heterocycles. The monoisotopic (exact) mass is 295 g/mol. The summed E-state index contributed by atoms with van der Waals surface area (Å²) < 4.78 is 4.75. The smallest absolute Gasteiger partial charge is 0.340 e. The van der Waals surface area contributed by atoms with Gasteiger partial charge in [-0.05, 0) is 11.5 Å². The number of fused-ring (bicyclic) bond motifs is 1. The molecule has 0 aliphatic carbocycles. The minimum atomic E-state index is -0.537. The number of nitrogens with two attached hydrogens (primary N) is 1. The van der Waals surface area contributed by atoms with Crippen LogP contribution in [0.5, 0.6) is 0 Å². The second-order valence-corrected chi connectivity index (χ2v) is 4.30. The van der Waals surface area contributed by atoms with E-state index in [2.05, 4.69) is 10.5 Å². The molecule has 4 N–H and O–H groups in total. The molecular formula is C15H13N5O2. The number of nitrogens with one attached hydrogen (secondary N) is 2. The van der Waals surface area contributed by atoms with Crippen molar-refractivity contribution in [3.05, 3.63) is 42.0 Å². The highest BCUT2D eigenvalue weighted by Gasteiger charge is 2.15. The molecule has 0 fully saturated rings. The fourth-order valence-corrected chi connectivity index (χ4v) is 1.93. The average molecular weight is 295 g/mol. The standard InChI is InChI=1S/C15H13N5O2/c1-22-15(21)11-7-6-9-4-2-3-5-10(9)13(11)20-19-12(8-16)14(17)18/h2-7,20H,1H3,(H3,17,18)/b19-12+. The molecule has 0 saturated carbocycles. The van der Waals surface area contributed by atoms with Gasteiger partial charge in [0.25, 0.3) is 0 Å². The number of nitriles is 1. The first-order chi connectivity index (χ1) is 10.6. The lowest BCUT2D eigenvalue weighted by molar-refractivity contribution is 0.0602. The molecule has 2 aromatic carbocycles. The fraction of sp³-hybridized carbons (Fsp3) is 0.0667. The summed E-state index contributed by atoms with van der Waals surface area (Å²) in [6.45, 7) is 0. The summed E-state index contributed by atoms with van der Waals surface area (Å²) >= 11 is 0. The number of hydrogen-bond acceptors (Lipinski definition) is 6. The largest absolute Gasteiger partial charge is 0.465 e. The van der Waals surface area contributed by atoms with Gasteiger partial charge in [-0.25, -0.2) is 4.79 Å². The predicted molar refractivity (Wildman–Crippen MR) is 83.9 cm³/mol. The molecule has 0 unspecified atom stereocenters. The quantitative estimate of drug-likeness (QED) is 0.343. The lowest BCUT2D eigenvalue weighted by Crippen LogP contribution is -2.22. The third-order valence-corrected chi connectivity index (χ3v) is 2.97. The zero-order chi connectivity index (χ0) is 16.1. The minimum absolute atomic E-state index is 0.269. The number of carbonyl (C=O) groups excluding carboxylic acids is 1. The van der Waals surface area contributed by atoms with Gasteiger partial charge in [0.05, 0.1) is 18.4 Å².